The van der Waals surface area contributed by atoms with Crippen molar-refractivity contribution in [3.05, 3.63) is 70.4 Å². The lowest BCUT2D eigenvalue weighted by atomic mass is 10.0. The summed E-state index contributed by atoms with van der Waals surface area (Å²) in [4.78, 5) is 24.9. The third-order valence-electron chi connectivity index (χ3n) is 6.15. The van der Waals surface area contributed by atoms with E-state index in [0.717, 1.165) is 36.8 Å². The van der Waals surface area contributed by atoms with E-state index in [9.17, 15) is 9.59 Å². The molecule has 1 fully saturated rings. The fraction of sp³-hybridized carbons (Fsp3) is 0.320. The molecule has 4 rings (SSSR count). The number of ether oxygens (including phenoxy) is 1. The maximum atomic E-state index is 12.7. The van der Waals surface area contributed by atoms with Crippen molar-refractivity contribution in [1.82, 2.24) is 15.1 Å². The molecule has 1 saturated carbocycles. The minimum atomic E-state index is -0.597. The van der Waals surface area contributed by atoms with Gasteiger partial charge < -0.3 is 15.8 Å². The maximum Gasteiger partial charge on any atom is 0.255 e. The van der Waals surface area contributed by atoms with Crippen molar-refractivity contribution in [3.63, 3.8) is 0 Å². The van der Waals surface area contributed by atoms with Gasteiger partial charge >= 0.3 is 0 Å². The highest BCUT2D eigenvalue weighted by Crippen LogP contribution is 2.36. The standard InChI is InChI=1S/C25H27ClN4O3/c1-15(28-25(32)19-9-5-6-10-20(19)33-2)16-11-13-17(14-12-16)22-21(24(27)31)23(26)30(29-22)18-7-3-4-8-18/h5-6,9-15,18H,3-4,7-8H2,1-2H3,(H2,27,31)(H,28,32). The minimum absolute atomic E-state index is 0.189. The number of aromatic nitrogens is 2. The van der Waals surface area contributed by atoms with Gasteiger partial charge in [-0.15, -0.1) is 0 Å². The van der Waals surface area contributed by atoms with Gasteiger partial charge in [-0.05, 0) is 37.5 Å². The predicted molar refractivity (Wildman–Crippen MR) is 128 cm³/mol. The Kier molecular flexibility index (Phi) is 6.70. The highest BCUT2D eigenvalue weighted by molar-refractivity contribution is 6.33. The SMILES string of the molecule is COc1ccccc1C(=O)NC(C)c1ccc(-c2nn(C3CCCC3)c(Cl)c2C(N)=O)cc1. The van der Waals surface area contributed by atoms with E-state index < -0.39 is 5.91 Å². The van der Waals surface area contributed by atoms with Gasteiger partial charge in [0.05, 0.1) is 24.8 Å². The molecule has 2 aromatic carbocycles. The van der Waals surface area contributed by atoms with E-state index in [2.05, 4.69) is 10.4 Å². The van der Waals surface area contributed by atoms with Gasteiger partial charge in [0.25, 0.3) is 11.8 Å². The molecule has 3 N–H and O–H groups in total. The molecule has 0 bridgehead atoms. The second-order valence-electron chi connectivity index (χ2n) is 8.28. The summed E-state index contributed by atoms with van der Waals surface area (Å²) in [5.41, 5.74) is 8.49. The highest BCUT2D eigenvalue weighted by Gasteiger charge is 2.27. The van der Waals surface area contributed by atoms with E-state index in [1.54, 1.807) is 22.9 Å². The summed E-state index contributed by atoms with van der Waals surface area (Å²) in [5, 5.41) is 7.95. The van der Waals surface area contributed by atoms with Gasteiger partial charge in [0.2, 0.25) is 0 Å². The lowest BCUT2D eigenvalue weighted by Crippen LogP contribution is -2.27. The van der Waals surface area contributed by atoms with E-state index in [-0.39, 0.29) is 23.6 Å². The summed E-state index contributed by atoms with van der Waals surface area (Å²) >= 11 is 6.52. The normalized spacial score (nSPS) is 14.8. The van der Waals surface area contributed by atoms with E-state index >= 15 is 0 Å². The first kappa shape index (κ1) is 22.9. The number of nitrogens with zero attached hydrogens (tertiary/aromatic N) is 2. The average Bonchev–Trinajstić information content (AvgIpc) is 3.46. The summed E-state index contributed by atoms with van der Waals surface area (Å²) in [5.74, 6) is -0.297. The van der Waals surface area contributed by atoms with Gasteiger partial charge in [0.1, 0.15) is 22.2 Å². The molecule has 8 heteroatoms. The number of hydrogen-bond acceptors (Lipinski definition) is 4. The molecule has 1 aliphatic carbocycles. The quantitative estimate of drug-likeness (QED) is 0.516. The van der Waals surface area contributed by atoms with Crippen LogP contribution in [0.5, 0.6) is 5.75 Å². The molecule has 1 aromatic heterocycles. The number of halogens is 1. The van der Waals surface area contributed by atoms with E-state index in [0.29, 0.717) is 22.2 Å². The Morgan fingerprint density at radius 1 is 1.15 bits per heavy atom. The Bertz CT molecular complexity index is 1170. The van der Waals surface area contributed by atoms with Crippen LogP contribution in [0.25, 0.3) is 11.3 Å². The first-order valence-corrected chi connectivity index (χ1v) is 11.4. The number of carbonyl (C=O) groups is 2. The Labute approximate surface area is 197 Å². The minimum Gasteiger partial charge on any atom is -0.496 e. The molecule has 33 heavy (non-hydrogen) atoms. The zero-order valence-corrected chi connectivity index (χ0v) is 19.4. The molecule has 3 aromatic rings. The molecular weight excluding hydrogens is 440 g/mol. The van der Waals surface area contributed by atoms with E-state index in [4.69, 9.17) is 22.1 Å². The number of nitrogens with one attached hydrogen (secondary N) is 1. The van der Waals surface area contributed by atoms with Crippen LogP contribution in [-0.2, 0) is 0 Å². The number of para-hydroxylation sites is 1. The summed E-state index contributed by atoms with van der Waals surface area (Å²) in [6.45, 7) is 1.91. The fourth-order valence-electron chi connectivity index (χ4n) is 4.34. The second-order valence-corrected chi connectivity index (χ2v) is 8.64. The number of carbonyl (C=O) groups excluding carboxylic acids is 2. The molecule has 0 spiro atoms. The van der Waals surface area contributed by atoms with Gasteiger partial charge in [0.15, 0.2) is 0 Å². The van der Waals surface area contributed by atoms with Crippen molar-refractivity contribution in [1.29, 1.82) is 0 Å². The summed E-state index contributed by atoms with van der Waals surface area (Å²) in [6, 6.07) is 14.6. The molecule has 1 heterocycles. The summed E-state index contributed by atoms with van der Waals surface area (Å²) < 4.78 is 7.02. The number of benzene rings is 2. The topological polar surface area (TPSA) is 99.2 Å². The molecule has 0 radical (unpaired) electrons. The lowest BCUT2D eigenvalue weighted by Gasteiger charge is -2.16. The van der Waals surface area contributed by atoms with Gasteiger partial charge in [0, 0.05) is 5.56 Å². The molecule has 2 amide bonds. The van der Waals surface area contributed by atoms with Crippen molar-refractivity contribution in [3.8, 4) is 17.0 Å². The van der Waals surface area contributed by atoms with Crippen molar-refractivity contribution in [2.45, 2.75) is 44.7 Å². The molecule has 0 aliphatic heterocycles. The smallest absolute Gasteiger partial charge is 0.255 e. The number of hydrogen-bond donors (Lipinski definition) is 2. The lowest BCUT2D eigenvalue weighted by molar-refractivity contribution is 0.0935. The van der Waals surface area contributed by atoms with Crippen molar-refractivity contribution in [2.75, 3.05) is 7.11 Å². The van der Waals surface area contributed by atoms with Crippen molar-refractivity contribution < 1.29 is 14.3 Å². The summed E-state index contributed by atoms with van der Waals surface area (Å²) in [7, 11) is 1.54. The second kappa shape index (κ2) is 9.67. The van der Waals surface area contributed by atoms with Crippen molar-refractivity contribution in [2.24, 2.45) is 5.73 Å². The average molecular weight is 467 g/mol. The van der Waals surface area contributed by atoms with Gasteiger partial charge in [-0.1, -0.05) is 60.8 Å². The van der Waals surface area contributed by atoms with E-state index in [1.807, 2.05) is 37.3 Å². The predicted octanol–water partition coefficient (Wildman–Crippen LogP) is 4.92. The van der Waals surface area contributed by atoms with Crippen LogP contribution in [0, 0.1) is 0 Å². The van der Waals surface area contributed by atoms with E-state index in [1.165, 1.54) is 7.11 Å². The third-order valence-corrected chi connectivity index (χ3v) is 6.51. The Morgan fingerprint density at radius 3 is 2.45 bits per heavy atom. The van der Waals surface area contributed by atoms with Crippen LogP contribution in [0.15, 0.2) is 48.5 Å². The van der Waals surface area contributed by atoms with Crippen LogP contribution in [-0.4, -0.2) is 28.7 Å². The largest absolute Gasteiger partial charge is 0.496 e. The molecule has 172 valence electrons. The van der Waals surface area contributed by atoms with Crippen LogP contribution in [0.1, 0.15) is 71.0 Å². The van der Waals surface area contributed by atoms with Crippen LogP contribution < -0.4 is 15.8 Å². The molecule has 1 aliphatic rings. The first-order valence-electron chi connectivity index (χ1n) is 11.0. The van der Waals surface area contributed by atoms with Crippen LogP contribution in [0.2, 0.25) is 5.15 Å². The third kappa shape index (κ3) is 4.59. The Balaban J connectivity index is 1.56. The molecule has 1 atom stereocenters. The first-order chi connectivity index (χ1) is 15.9. The number of primary amides is 1. The number of rotatable bonds is 7. The molecule has 7 nitrogen and oxygen atoms in total. The zero-order chi connectivity index (χ0) is 23.5. The molecule has 0 saturated heterocycles. The van der Waals surface area contributed by atoms with Gasteiger partial charge in [-0.3, -0.25) is 9.59 Å². The maximum absolute atomic E-state index is 12.7. The van der Waals surface area contributed by atoms with Crippen LogP contribution in [0.4, 0.5) is 0 Å². The summed E-state index contributed by atoms with van der Waals surface area (Å²) in [6.07, 6.45) is 4.22. The van der Waals surface area contributed by atoms with Crippen LogP contribution in [0.3, 0.4) is 0 Å². The fourth-order valence-corrected chi connectivity index (χ4v) is 4.70. The molecule has 1 unspecified atom stereocenters. The zero-order valence-electron chi connectivity index (χ0n) is 18.7. The number of nitrogens with two attached hydrogens (primary N) is 1. The van der Waals surface area contributed by atoms with Gasteiger partial charge in [-0.25, -0.2) is 4.68 Å². The molecular formula is C25H27ClN4O3. The Hall–Kier alpha value is -3.32. The monoisotopic (exact) mass is 466 g/mol. The number of amides is 2. The van der Waals surface area contributed by atoms with Crippen molar-refractivity contribution >= 4 is 23.4 Å². The number of methoxy groups -OCH3 is 1. The van der Waals surface area contributed by atoms with Gasteiger partial charge in [-0.2, -0.15) is 5.10 Å². The van der Waals surface area contributed by atoms with Crippen LogP contribution >= 0.6 is 11.6 Å². The highest BCUT2D eigenvalue weighted by atomic mass is 35.5. The Morgan fingerprint density at radius 2 is 1.82 bits per heavy atom.